The third-order valence-electron chi connectivity index (χ3n) is 3.34. The second-order valence-electron chi connectivity index (χ2n) is 4.85. The second-order valence-corrected chi connectivity index (χ2v) is 4.85. The van der Waals surface area contributed by atoms with Crippen LogP contribution in [0.4, 0.5) is 14.6 Å². The molecule has 0 fully saturated rings. The van der Waals surface area contributed by atoms with E-state index in [0.29, 0.717) is 0 Å². The van der Waals surface area contributed by atoms with Crippen LogP contribution in [0.1, 0.15) is 20.7 Å². The Balaban J connectivity index is 2.84. The molecule has 0 aliphatic heterocycles. The van der Waals surface area contributed by atoms with E-state index in [2.05, 4.69) is 4.74 Å². The van der Waals surface area contributed by atoms with Gasteiger partial charge in [0, 0.05) is 5.56 Å². The SMILES string of the molecule is COc1cc(-c2c(C(=O)O)c(N)[nH]c(=O)c2C(=O)O)ccc1OC(F)F. The number of pyridine rings is 1. The minimum absolute atomic E-state index is 0.101. The molecule has 0 amide bonds. The average Bonchev–Trinajstić information content (AvgIpc) is 2.53. The van der Waals surface area contributed by atoms with E-state index in [4.69, 9.17) is 10.5 Å². The van der Waals surface area contributed by atoms with Crippen LogP contribution in [0.3, 0.4) is 0 Å². The van der Waals surface area contributed by atoms with E-state index in [1.165, 1.54) is 0 Å². The van der Waals surface area contributed by atoms with Crippen LogP contribution in [0.25, 0.3) is 11.1 Å². The summed E-state index contributed by atoms with van der Waals surface area (Å²) in [5.41, 5.74) is 2.26. The lowest BCUT2D eigenvalue weighted by Crippen LogP contribution is -2.24. The first-order valence-corrected chi connectivity index (χ1v) is 6.82. The van der Waals surface area contributed by atoms with Crippen LogP contribution in [0.2, 0.25) is 0 Å². The van der Waals surface area contributed by atoms with Crippen molar-refractivity contribution in [3.8, 4) is 22.6 Å². The van der Waals surface area contributed by atoms with Crippen LogP contribution >= 0.6 is 0 Å². The molecule has 0 aliphatic rings. The van der Waals surface area contributed by atoms with Crippen LogP contribution in [-0.4, -0.2) is 40.9 Å². The number of aromatic amines is 1. The summed E-state index contributed by atoms with van der Waals surface area (Å²) in [4.78, 5) is 36.9. The molecular formula is C15H12F2N2O7. The maximum atomic E-state index is 12.4. The van der Waals surface area contributed by atoms with E-state index in [1.807, 2.05) is 4.98 Å². The number of hydrogen-bond acceptors (Lipinski definition) is 6. The Morgan fingerprint density at radius 2 is 1.77 bits per heavy atom. The van der Waals surface area contributed by atoms with Gasteiger partial charge in [-0.15, -0.1) is 0 Å². The lowest BCUT2D eigenvalue weighted by atomic mass is 9.95. The van der Waals surface area contributed by atoms with Crippen molar-refractivity contribution in [1.82, 2.24) is 4.98 Å². The molecule has 2 rings (SSSR count). The Hall–Kier alpha value is -3.63. The van der Waals surface area contributed by atoms with Crippen molar-refractivity contribution in [1.29, 1.82) is 0 Å². The molecule has 2 aromatic rings. The number of benzene rings is 1. The van der Waals surface area contributed by atoms with Gasteiger partial charge in [0.05, 0.1) is 7.11 Å². The zero-order valence-electron chi connectivity index (χ0n) is 13.1. The van der Waals surface area contributed by atoms with Gasteiger partial charge in [0.1, 0.15) is 16.9 Å². The van der Waals surface area contributed by atoms with Crippen LogP contribution in [-0.2, 0) is 0 Å². The van der Waals surface area contributed by atoms with Crippen molar-refractivity contribution in [3.05, 3.63) is 39.7 Å². The number of carboxylic acids is 2. The number of nitrogens with two attached hydrogens (primary N) is 1. The van der Waals surface area contributed by atoms with E-state index < -0.39 is 46.6 Å². The molecule has 0 saturated heterocycles. The molecule has 26 heavy (non-hydrogen) atoms. The number of nitrogen functional groups attached to an aromatic ring is 1. The summed E-state index contributed by atoms with van der Waals surface area (Å²) in [7, 11) is 1.14. The number of H-pyrrole nitrogens is 1. The maximum absolute atomic E-state index is 12.4. The van der Waals surface area contributed by atoms with E-state index in [0.717, 1.165) is 25.3 Å². The smallest absolute Gasteiger partial charge is 0.387 e. The van der Waals surface area contributed by atoms with Crippen LogP contribution in [0.5, 0.6) is 11.5 Å². The Kier molecular flexibility index (Phi) is 5.10. The van der Waals surface area contributed by atoms with E-state index in [1.54, 1.807) is 0 Å². The quantitative estimate of drug-likeness (QED) is 0.599. The molecule has 5 N–H and O–H groups in total. The Labute approximate surface area is 143 Å². The van der Waals surface area contributed by atoms with Crippen molar-refractivity contribution in [2.45, 2.75) is 6.61 Å². The molecule has 1 aromatic heterocycles. The molecular weight excluding hydrogens is 358 g/mol. The zero-order valence-corrected chi connectivity index (χ0v) is 13.1. The topological polar surface area (TPSA) is 152 Å². The zero-order chi connectivity index (χ0) is 19.6. The second kappa shape index (κ2) is 7.09. The molecule has 138 valence electrons. The standard InChI is InChI=1S/C15H12F2N2O7/c1-25-7-4-5(2-3-6(7)26-15(16)17)8-9(13(21)22)11(18)19-12(20)10(8)14(23)24/h2-4,15H,1H3,(H,21,22)(H,23,24)(H3,18,19,20). The minimum Gasteiger partial charge on any atom is -0.493 e. The highest BCUT2D eigenvalue weighted by Gasteiger charge is 2.27. The number of nitrogens with one attached hydrogen (secondary N) is 1. The lowest BCUT2D eigenvalue weighted by Gasteiger charge is -2.15. The van der Waals surface area contributed by atoms with E-state index in [9.17, 15) is 33.4 Å². The minimum atomic E-state index is -3.14. The van der Waals surface area contributed by atoms with Crippen molar-refractivity contribution >= 4 is 17.8 Å². The molecule has 1 aromatic carbocycles. The fraction of sp³-hybridized carbons (Fsp3) is 0.133. The van der Waals surface area contributed by atoms with Gasteiger partial charge in [0.25, 0.3) is 5.56 Å². The van der Waals surface area contributed by atoms with Gasteiger partial charge in [-0.1, -0.05) is 6.07 Å². The van der Waals surface area contributed by atoms with E-state index in [-0.39, 0.29) is 17.1 Å². The number of halogens is 2. The van der Waals surface area contributed by atoms with Gasteiger partial charge in [0.2, 0.25) is 0 Å². The molecule has 0 spiro atoms. The number of hydrogen-bond donors (Lipinski definition) is 4. The summed E-state index contributed by atoms with van der Waals surface area (Å²) < 4.78 is 34.0. The molecule has 0 unspecified atom stereocenters. The van der Waals surface area contributed by atoms with Gasteiger partial charge < -0.3 is 30.4 Å². The first kappa shape index (κ1) is 18.7. The number of aromatic nitrogens is 1. The summed E-state index contributed by atoms with van der Waals surface area (Å²) in [6.45, 7) is -3.14. The molecule has 0 atom stereocenters. The molecule has 1 heterocycles. The Bertz CT molecular complexity index is 940. The van der Waals surface area contributed by atoms with E-state index >= 15 is 0 Å². The first-order chi connectivity index (χ1) is 12.2. The molecule has 11 heteroatoms. The number of anilines is 1. The lowest BCUT2D eigenvalue weighted by molar-refractivity contribution is -0.0512. The predicted molar refractivity (Wildman–Crippen MR) is 84.0 cm³/mol. The van der Waals surface area contributed by atoms with Gasteiger partial charge in [-0.3, -0.25) is 4.79 Å². The number of carbonyl (C=O) groups is 2. The normalized spacial score (nSPS) is 10.6. The number of ether oxygens (including phenoxy) is 2. The van der Waals surface area contributed by atoms with Crippen LogP contribution < -0.4 is 20.8 Å². The fourth-order valence-corrected chi connectivity index (χ4v) is 2.35. The predicted octanol–water partition coefficient (Wildman–Crippen LogP) is 1.63. The van der Waals surface area contributed by atoms with Crippen LogP contribution in [0.15, 0.2) is 23.0 Å². The summed E-state index contributed by atoms with van der Waals surface area (Å²) >= 11 is 0. The number of alkyl halides is 2. The monoisotopic (exact) mass is 370 g/mol. The highest BCUT2D eigenvalue weighted by atomic mass is 19.3. The van der Waals surface area contributed by atoms with Gasteiger partial charge in [-0.05, 0) is 17.7 Å². The number of rotatable bonds is 6. The van der Waals surface area contributed by atoms with Gasteiger partial charge >= 0.3 is 18.6 Å². The third-order valence-corrected chi connectivity index (χ3v) is 3.34. The maximum Gasteiger partial charge on any atom is 0.387 e. The first-order valence-electron chi connectivity index (χ1n) is 6.82. The molecule has 0 radical (unpaired) electrons. The van der Waals surface area contributed by atoms with Gasteiger partial charge in [0.15, 0.2) is 11.5 Å². The molecule has 0 aliphatic carbocycles. The van der Waals surface area contributed by atoms with Gasteiger partial charge in [-0.2, -0.15) is 8.78 Å². The Morgan fingerprint density at radius 1 is 1.15 bits per heavy atom. The number of aromatic carboxylic acids is 2. The van der Waals surface area contributed by atoms with Crippen molar-refractivity contribution < 1.29 is 38.1 Å². The fourth-order valence-electron chi connectivity index (χ4n) is 2.35. The number of methoxy groups -OCH3 is 1. The van der Waals surface area contributed by atoms with Gasteiger partial charge in [-0.25, -0.2) is 9.59 Å². The summed E-state index contributed by atoms with van der Waals surface area (Å²) in [6.07, 6.45) is 0. The third kappa shape index (κ3) is 3.41. The van der Waals surface area contributed by atoms with Crippen LogP contribution in [0, 0.1) is 0 Å². The Morgan fingerprint density at radius 3 is 2.27 bits per heavy atom. The summed E-state index contributed by atoms with van der Waals surface area (Å²) in [5.74, 6) is -4.44. The molecule has 0 saturated carbocycles. The molecule has 9 nitrogen and oxygen atoms in total. The van der Waals surface area contributed by atoms with Crippen molar-refractivity contribution in [2.75, 3.05) is 12.8 Å². The summed E-state index contributed by atoms with van der Waals surface area (Å²) in [5, 5.41) is 18.7. The number of carboxylic acid groups (broad SMARTS) is 2. The van der Waals surface area contributed by atoms with Crippen molar-refractivity contribution in [2.24, 2.45) is 0 Å². The summed E-state index contributed by atoms with van der Waals surface area (Å²) in [6, 6.07) is 3.19. The largest absolute Gasteiger partial charge is 0.493 e. The molecule has 0 bridgehead atoms. The van der Waals surface area contributed by atoms with Crippen molar-refractivity contribution in [3.63, 3.8) is 0 Å². The highest BCUT2D eigenvalue weighted by molar-refractivity contribution is 6.07. The highest BCUT2D eigenvalue weighted by Crippen LogP contribution is 2.36. The average molecular weight is 370 g/mol.